The Labute approximate surface area is 514 Å². The first-order valence-electron chi connectivity index (χ1n) is 35.4. The van der Waals surface area contributed by atoms with Gasteiger partial charge in [0.1, 0.15) is 13.2 Å². The van der Waals surface area contributed by atoms with Crippen molar-refractivity contribution in [3.8, 4) is 0 Å². The third-order valence-corrected chi connectivity index (χ3v) is 15.3. The lowest BCUT2D eigenvalue weighted by atomic mass is 10.0. The topological polar surface area (TPSA) is 78.9 Å². The normalized spacial score (nSPS) is 12.8. The van der Waals surface area contributed by atoms with Crippen molar-refractivity contribution >= 4 is 17.9 Å². The van der Waals surface area contributed by atoms with Crippen molar-refractivity contribution in [3.63, 3.8) is 0 Å². The quantitative estimate of drug-likeness (QED) is 0.0261. The van der Waals surface area contributed by atoms with E-state index < -0.39 is 6.10 Å². The molecular weight excluding hydrogens is 1020 g/mol. The number of ether oxygens (including phenoxy) is 3. The fourth-order valence-corrected chi connectivity index (χ4v) is 10.1. The Morgan fingerprint density at radius 1 is 0.253 bits per heavy atom. The van der Waals surface area contributed by atoms with E-state index in [-0.39, 0.29) is 31.1 Å². The molecule has 0 amide bonds. The minimum Gasteiger partial charge on any atom is -0.462 e. The van der Waals surface area contributed by atoms with Gasteiger partial charge < -0.3 is 14.2 Å². The largest absolute Gasteiger partial charge is 0.462 e. The fourth-order valence-electron chi connectivity index (χ4n) is 10.1. The van der Waals surface area contributed by atoms with E-state index in [0.29, 0.717) is 19.3 Å². The molecule has 0 fully saturated rings. The van der Waals surface area contributed by atoms with Crippen LogP contribution < -0.4 is 0 Å². The lowest BCUT2D eigenvalue weighted by Crippen LogP contribution is -2.30. The zero-order chi connectivity index (χ0) is 59.9. The van der Waals surface area contributed by atoms with Crippen LogP contribution in [0.15, 0.2) is 109 Å². The molecule has 0 spiro atoms. The van der Waals surface area contributed by atoms with Gasteiger partial charge in [-0.1, -0.05) is 329 Å². The van der Waals surface area contributed by atoms with E-state index in [9.17, 15) is 14.4 Å². The Morgan fingerprint density at radius 2 is 0.470 bits per heavy atom. The van der Waals surface area contributed by atoms with E-state index in [1.54, 1.807) is 0 Å². The predicted molar refractivity (Wildman–Crippen MR) is 362 cm³/mol. The van der Waals surface area contributed by atoms with Crippen LogP contribution in [0.1, 0.15) is 342 Å². The number of rotatable bonds is 64. The Kier molecular flexibility index (Phi) is 67.2. The molecule has 0 aromatic heterocycles. The van der Waals surface area contributed by atoms with E-state index >= 15 is 0 Å². The maximum absolute atomic E-state index is 12.9. The standard InChI is InChI=1S/C77H132O6/c1-4-7-10-13-16-19-21-23-25-27-29-31-33-35-37-38-40-41-43-45-47-49-51-53-55-58-61-64-67-70-76(79)82-73-74(72-81-75(78)69-66-63-60-57-18-15-12-9-6-3)83-77(80)71-68-65-62-59-56-54-52-50-48-46-44-42-39-36-34-32-30-28-26-24-22-20-17-14-11-8-5-2/h7-8,10-11,16-17,19-20,23-26,29-32,36,39,74H,4-6,9,12-15,18,21-22,27-28,33-35,37-38,40-73H2,1-3H3/b10-7-,11-8-,19-16-,20-17-,25-23-,26-24-,31-29-,32-30-,39-36-. The van der Waals surface area contributed by atoms with Gasteiger partial charge in [0.25, 0.3) is 0 Å². The summed E-state index contributed by atoms with van der Waals surface area (Å²) in [5.74, 6) is -0.866. The maximum Gasteiger partial charge on any atom is 0.306 e. The second kappa shape index (κ2) is 70.6. The van der Waals surface area contributed by atoms with Gasteiger partial charge in [-0.05, 0) is 103 Å². The van der Waals surface area contributed by atoms with Crippen LogP contribution in [0.4, 0.5) is 0 Å². The number of allylic oxidation sites excluding steroid dienone is 18. The van der Waals surface area contributed by atoms with E-state index in [0.717, 1.165) is 116 Å². The van der Waals surface area contributed by atoms with Crippen molar-refractivity contribution in [2.75, 3.05) is 13.2 Å². The van der Waals surface area contributed by atoms with Crippen LogP contribution in [0, 0.1) is 0 Å². The van der Waals surface area contributed by atoms with Crippen LogP contribution >= 0.6 is 0 Å². The number of hydrogen-bond acceptors (Lipinski definition) is 6. The van der Waals surface area contributed by atoms with Gasteiger partial charge in [0.05, 0.1) is 0 Å². The second-order valence-corrected chi connectivity index (χ2v) is 23.4. The van der Waals surface area contributed by atoms with Crippen molar-refractivity contribution in [2.45, 2.75) is 348 Å². The Hall–Kier alpha value is -3.93. The van der Waals surface area contributed by atoms with Crippen LogP contribution in [0.2, 0.25) is 0 Å². The molecule has 1 unspecified atom stereocenters. The van der Waals surface area contributed by atoms with Gasteiger partial charge in [-0.15, -0.1) is 0 Å². The summed E-state index contributed by atoms with van der Waals surface area (Å²) < 4.78 is 16.9. The SMILES string of the molecule is CC/C=C\C/C=C\C/C=C\C/C=C\C/C=C\CCCCCCCCCCCCCC(=O)OC(COC(=O)CCCCCCCCCCC)COC(=O)CCCCCCCCCCCCCCCCCC/C=C\C/C=C\C/C=C\C/C=C\CC. The molecule has 1 atom stereocenters. The van der Waals surface area contributed by atoms with E-state index in [2.05, 4.69) is 130 Å². The molecule has 0 bridgehead atoms. The Bertz CT molecular complexity index is 1660. The first kappa shape index (κ1) is 79.1. The minimum atomic E-state index is -0.778. The zero-order valence-electron chi connectivity index (χ0n) is 54.7. The highest BCUT2D eigenvalue weighted by Crippen LogP contribution is 2.17. The molecule has 0 saturated carbocycles. The van der Waals surface area contributed by atoms with Gasteiger partial charge in [-0.3, -0.25) is 14.4 Å². The van der Waals surface area contributed by atoms with Gasteiger partial charge in [-0.2, -0.15) is 0 Å². The lowest BCUT2D eigenvalue weighted by Gasteiger charge is -2.18. The molecule has 83 heavy (non-hydrogen) atoms. The molecule has 0 rings (SSSR count). The molecule has 0 aliphatic rings. The summed E-state index contributed by atoms with van der Waals surface area (Å²) in [6, 6.07) is 0. The fraction of sp³-hybridized carbons (Fsp3) is 0.727. The first-order chi connectivity index (χ1) is 41.0. The zero-order valence-corrected chi connectivity index (χ0v) is 54.7. The van der Waals surface area contributed by atoms with Gasteiger partial charge in [0, 0.05) is 19.3 Å². The maximum atomic E-state index is 12.9. The molecule has 0 radical (unpaired) electrons. The average Bonchev–Trinajstić information content (AvgIpc) is 3.49. The van der Waals surface area contributed by atoms with Gasteiger partial charge >= 0.3 is 17.9 Å². The highest BCUT2D eigenvalue weighted by atomic mass is 16.6. The number of unbranched alkanes of at least 4 members (excludes halogenated alkanes) is 35. The summed E-state index contributed by atoms with van der Waals surface area (Å²) in [5, 5.41) is 0. The van der Waals surface area contributed by atoms with E-state index in [1.165, 1.54) is 186 Å². The second-order valence-electron chi connectivity index (χ2n) is 23.4. The summed E-state index contributed by atoms with van der Waals surface area (Å²) in [4.78, 5) is 38.3. The highest BCUT2D eigenvalue weighted by molar-refractivity contribution is 5.71. The molecule has 476 valence electrons. The van der Waals surface area contributed by atoms with Crippen LogP contribution in [0.25, 0.3) is 0 Å². The number of carbonyl (C=O) groups is 3. The molecule has 0 heterocycles. The van der Waals surface area contributed by atoms with Crippen molar-refractivity contribution in [3.05, 3.63) is 109 Å². The first-order valence-corrected chi connectivity index (χ1v) is 35.4. The summed E-state index contributed by atoms with van der Waals surface area (Å²) in [7, 11) is 0. The summed E-state index contributed by atoms with van der Waals surface area (Å²) >= 11 is 0. The van der Waals surface area contributed by atoms with Crippen molar-refractivity contribution in [1.82, 2.24) is 0 Å². The Morgan fingerprint density at radius 3 is 0.735 bits per heavy atom. The lowest BCUT2D eigenvalue weighted by molar-refractivity contribution is -0.167. The molecule has 0 saturated heterocycles. The third kappa shape index (κ3) is 68.7. The number of carbonyl (C=O) groups excluding carboxylic acids is 3. The van der Waals surface area contributed by atoms with Crippen LogP contribution in [-0.4, -0.2) is 37.2 Å². The number of esters is 3. The molecule has 0 aromatic rings. The summed E-state index contributed by atoms with van der Waals surface area (Å²) in [5.41, 5.74) is 0. The molecule has 0 aliphatic heterocycles. The molecular formula is C77H132O6. The average molecular weight is 1150 g/mol. The summed E-state index contributed by atoms with van der Waals surface area (Å²) in [6.45, 7) is 6.43. The molecule has 0 aliphatic carbocycles. The highest BCUT2D eigenvalue weighted by Gasteiger charge is 2.19. The van der Waals surface area contributed by atoms with Crippen molar-refractivity contribution in [1.29, 1.82) is 0 Å². The smallest absolute Gasteiger partial charge is 0.306 e. The number of hydrogen-bond donors (Lipinski definition) is 0. The van der Waals surface area contributed by atoms with Gasteiger partial charge in [-0.25, -0.2) is 0 Å². The van der Waals surface area contributed by atoms with Crippen LogP contribution in [0.3, 0.4) is 0 Å². The van der Waals surface area contributed by atoms with E-state index in [4.69, 9.17) is 14.2 Å². The Balaban J connectivity index is 4.15. The predicted octanol–water partition coefficient (Wildman–Crippen LogP) is 24.6. The molecule has 6 heteroatoms. The third-order valence-electron chi connectivity index (χ3n) is 15.3. The molecule has 6 nitrogen and oxygen atoms in total. The van der Waals surface area contributed by atoms with Gasteiger partial charge in [0.15, 0.2) is 6.10 Å². The monoisotopic (exact) mass is 1150 g/mol. The van der Waals surface area contributed by atoms with Crippen LogP contribution in [-0.2, 0) is 28.6 Å². The minimum absolute atomic E-state index is 0.0752. The molecule has 0 N–H and O–H groups in total. The van der Waals surface area contributed by atoms with Crippen molar-refractivity contribution in [2.24, 2.45) is 0 Å². The summed E-state index contributed by atoms with van der Waals surface area (Å²) in [6.07, 6.45) is 97.0. The molecule has 0 aromatic carbocycles. The van der Waals surface area contributed by atoms with Gasteiger partial charge in [0.2, 0.25) is 0 Å². The van der Waals surface area contributed by atoms with Crippen LogP contribution in [0.5, 0.6) is 0 Å². The van der Waals surface area contributed by atoms with E-state index in [1.807, 2.05) is 0 Å². The van der Waals surface area contributed by atoms with Crippen molar-refractivity contribution < 1.29 is 28.6 Å².